The van der Waals surface area contributed by atoms with Gasteiger partial charge in [0.05, 0.1) is 11.0 Å². The summed E-state index contributed by atoms with van der Waals surface area (Å²) in [4.78, 5) is 35.3. The molecule has 8 nitrogen and oxygen atoms in total. The molecule has 4 aromatic rings. The van der Waals surface area contributed by atoms with Crippen LogP contribution in [0.25, 0.3) is 21.7 Å². The maximum atomic E-state index is 13.4. The Kier molecular flexibility index (Phi) is 4.98. The number of fused-ring (bicyclic) bond motifs is 2. The van der Waals surface area contributed by atoms with Crippen LogP contribution in [0, 0.1) is 0 Å². The van der Waals surface area contributed by atoms with Crippen LogP contribution in [-0.4, -0.2) is 40.3 Å². The minimum Gasteiger partial charge on any atom is -0.463 e. The highest BCUT2D eigenvalue weighted by Gasteiger charge is 2.26. The molecule has 2 aliphatic heterocycles. The van der Waals surface area contributed by atoms with Crippen molar-refractivity contribution in [3.8, 4) is 11.5 Å². The molecule has 5 heterocycles. The van der Waals surface area contributed by atoms with Crippen LogP contribution in [0.4, 0.5) is 10.8 Å². The molecule has 2 aliphatic rings. The first-order valence-corrected chi connectivity index (χ1v) is 12.1. The second kappa shape index (κ2) is 8.15. The van der Waals surface area contributed by atoms with Gasteiger partial charge < -0.3 is 14.2 Å². The second-order valence-corrected chi connectivity index (χ2v) is 9.41. The number of rotatable bonds is 4. The number of aryl methyl sites for hydroxylation is 1. The largest absolute Gasteiger partial charge is 0.463 e. The Hall–Kier alpha value is -3.46. The van der Waals surface area contributed by atoms with Crippen molar-refractivity contribution in [2.75, 3.05) is 29.4 Å². The number of para-hydroxylation sites is 1. The smallest absolute Gasteiger partial charge is 0.294 e. The molecule has 0 bridgehead atoms. The highest BCUT2D eigenvalue weighted by molar-refractivity contribution is 7.22. The summed E-state index contributed by atoms with van der Waals surface area (Å²) in [5.74, 6) is 0.401. The van der Waals surface area contributed by atoms with E-state index in [0.717, 1.165) is 55.2 Å². The quantitative estimate of drug-likeness (QED) is 0.461. The Morgan fingerprint density at radius 3 is 2.73 bits per heavy atom. The van der Waals surface area contributed by atoms with Gasteiger partial charge in [0.15, 0.2) is 16.4 Å². The average Bonchev–Trinajstić information content (AvgIpc) is 3.62. The molecule has 1 saturated heterocycles. The van der Waals surface area contributed by atoms with Crippen molar-refractivity contribution >= 4 is 38.3 Å². The van der Waals surface area contributed by atoms with E-state index in [-0.39, 0.29) is 18.0 Å². The third kappa shape index (κ3) is 3.52. The molecule has 9 heteroatoms. The highest BCUT2D eigenvalue weighted by atomic mass is 32.1. The summed E-state index contributed by atoms with van der Waals surface area (Å²) in [6.07, 6.45) is 5.67. The topological polar surface area (TPSA) is 84.5 Å². The number of aromatic nitrogens is 3. The lowest BCUT2D eigenvalue weighted by Crippen LogP contribution is -2.40. The number of hydrogen-bond donors (Lipinski definition) is 0. The molecule has 0 unspecified atom stereocenters. The second-order valence-electron chi connectivity index (χ2n) is 8.43. The van der Waals surface area contributed by atoms with E-state index in [1.165, 1.54) is 16.0 Å². The summed E-state index contributed by atoms with van der Waals surface area (Å²) in [7, 11) is 0. The third-order valence-electron chi connectivity index (χ3n) is 6.32. The van der Waals surface area contributed by atoms with Gasteiger partial charge in [-0.05, 0) is 49.4 Å². The number of amides is 1. The molecule has 0 saturated carbocycles. The third-order valence-corrected chi connectivity index (χ3v) is 7.44. The fourth-order valence-corrected chi connectivity index (χ4v) is 5.78. The first-order chi connectivity index (χ1) is 16.2. The van der Waals surface area contributed by atoms with Gasteiger partial charge in [-0.3, -0.25) is 9.59 Å². The normalized spacial score (nSPS) is 15.9. The molecule has 1 amide bonds. The van der Waals surface area contributed by atoms with Gasteiger partial charge in [0.2, 0.25) is 5.91 Å². The van der Waals surface area contributed by atoms with Crippen molar-refractivity contribution in [1.82, 2.24) is 14.8 Å². The molecule has 0 spiro atoms. The number of benzene rings is 1. The van der Waals surface area contributed by atoms with Crippen LogP contribution in [0.15, 0.2) is 51.9 Å². The van der Waals surface area contributed by atoms with Gasteiger partial charge in [-0.25, -0.2) is 9.67 Å². The molecular weight excluding hydrogens is 438 g/mol. The molecular formula is C24H23N5O3S. The number of furan rings is 1. The summed E-state index contributed by atoms with van der Waals surface area (Å²) in [5, 5.41) is 5.41. The van der Waals surface area contributed by atoms with Crippen molar-refractivity contribution in [3.05, 3.63) is 58.6 Å². The van der Waals surface area contributed by atoms with Crippen LogP contribution in [0.2, 0.25) is 0 Å². The van der Waals surface area contributed by atoms with Gasteiger partial charge in [0.25, 0.3) is 5.56 Å². The fourth-order valence-electron chi connectivity index (χ4n) is 4.68. The van der Waals surface area contributed by atoms with Gasteiger partial charge in [-0.1, -0.05) is 29.5 Å². The van der Waals surface area contributed by atoms with E-state index in [1.807, 2.05) is 24.3 Å². The molecule has 168 valence electrons. The Labute approximate surface area is 194 Å². The number of carbonyl (C=O) groups excluding carboxylic acids is 1. The Bertz CT molecular complexity index is 1390. The van der Waals surface area contributed by atoms with Crippen molar-refractivity contribution in [1.29, 1.82) is 0 Å². The first-order valence-electron chi connectivity index (χ1n) is 11.3. The number of nitrogens with zero attached hydrogens (tertiary/aromatic N) is 5. The molecule has 1 aromatic carbocycles. The first kappa shape index (κ1) is 20.2. The molecule has 0 N–H and O–H groups in total. The van der Waals surface area contributed by atoms with Crippen LogP contribution < -0.4 is 15.4 Å². The number of anilines is 2. The van der Waals surface area contributed by atoms with Gasteiger partial charge >= 0.3 is 0 Å². The van der Waals surface area contributed by atoms with Crippen molar-refractivity contribution in [2.45, 2.75) is 32.2 Å². The maximum absolute atomic E-state index is 13.4. The Morgan fingerprint density at radius 2 is 1.91 bits per heavy atom. The molecule has 33 heavy (non-hydrogen) atoms. The summed E-state index contributed by atoms with van der Waals surface area (Å²) in [6, 6.07) is 11.5. The van der Waals surface area contributed by atoms with E-state index in [1.54, 1.807) is 17.2 Å². The van der Waals surface area contributed by atoms with Crippen LogP contribution in [-0.2, 0) is 17.8 Å². The summed E-state index contributed by atoms with van der Waals surface area (Å²) in [5.41, 5.74) is 2.61. The van der Waals surface area contributed by atoms with Crippen LogP contribution in [0.1, 0.15) is 24.8 Å². The minimum atomic E-state index is -0.347. The van der Waals surface area contributed by atoms with Gasteiger partial charge in [-0.15, -0.1) is 0 Å². The molecule has 3 aromatic heterocycles. The number of carbonyl (C=O) groups is 1. The zero-order valence-electron chi connectivity index (χ0n) is 18.1. The van der Waals surface area contributed by atoms with Gasteiger partial charge in [-0.2, -0.15) is 5.10 Å². The van der Waals surface area contributed by atoms with Crippen molar-refractivity contribution in [2.24, 2.45) is 0 Å². The monoisotopic (exact) mass is 461 g/mol. The lowest BCUT2D eigenvalue weighted by Gasteiger charge is -2.29. The summed E-state index contributed by atoms with van der Waals surface area (Å²) < 4.78 is 7.56. The lowest BCUT2D eigenvalue weighted by atomic mass is 10.0. The molecule has 0 atom stereocenters. The lowest BCUT2D eigenvalue weighted by molar-refractivity contribution is -0.119. The fraction of sp³-hybridized carbons (Fsp3) is 0.333. The molecule has 1 fully saturated rings. The van der Waals surface area contributed by atoms with E-state index in [0.29, 0.717) is 28.2 Å². The summed E-state index contributed by atoms with van der Waals surface area (Å²) in [6.45, 7) is 2.36. The van der Waals surface area contributed by atoms with Crippen LogP contribution in [0.5, 0.6) is 0 Å². The number of hydrogen-bond acceptors (Lipinski definition) is 7. The Balaban J connectivity index is 1.42. The minimum absolute atomic E-state index is 0.145. The van der Waals surface area contributed by atoms with E-state index in [4.69, 9.17) is 4.42 Å². The van der Waals surface area contributed by atoms with E-state index in [9.17, 15) is 9.59 Å². The van der Waals surface area contributed by atoms with E-state index in [2.05, 4.69) is 21.0 Å². The Morgan fingerprint density at radius 1 is 1.06 bits per heavy atom. The van der Waals surface area contributed by atoms with Crippen LogP contribution in [0.3, 0.4) is 0 Å². The zero-order chi connectivity index (χ0) is 22.4. The van der Waals surface area contributed by atoms with Crippen LogP contribution >= 0.6 is 11.3 Å². The molecule has 0 radical (unpaired) electrons. The average molecular weight is 462 g/mol. The van der Waals surface area contributed by atoms with Gasteiger partial charge in [0, 0.05) is 25.3 Å². The van der Waals surface area contributed by atoms with Crippen molar-refractivity contribution < 1.29 is 9.21 Å². The number of thiazole rings is 1. The van der Waals surface area contributed by atoms with E-state index >= 15 is 0 Å². The van der Waals surface area contributed by atoms with Crippen molar-refractivity contribution in [3.63, 3.8) is 0 Å². The summed E-state index contributed by atoms with van der Waals surface area (Å²) >= 11 is 1.46. The van der Waals surface area contributed by atoms with E-state index < -0.39 is 0 Å². The zero-order valence-corrected chi connectivity index (χ0v) is 18.9. The highest BCUT2D eigenvalue weighted by Crippen LogP contribution is 2.35. The standard InChI is InChI=1S/C24H23N5O3S/c30-19(28-13-5-8-16-7-1-2-9-17(16)28)15-29-23(31)21-22(20(26-29)18-10-6-14-32-18)33-24(25-21)27-11-3-4-12-27/h1-2,6-7,9-10,14H,3-5,8,11-13,15H2. The molecule has 6 rings (SSSR count). The molecule has 0 aliphatic carbocycles. The predicted octanol–water partition coefficient (Wildman–Crippen LogP) is 3.69. The SMILES string of the molecule is O=C(Cn1nc(-c2ccco2)c2sc(N3CCCC3)nc2c1=O)N1CCCc2ccccc21. The maximum Gasteiger partial charge on any atom is 0.294 e. The van der Waals surface area contributed by atoms with Gasteiger partial charge in [0.1, 0.15) is 12.2 Å². The predicted molar refractivity (Wildman–Crippen MR) is 128 cm³/mol.